The molecule has 0 saturated carbocycles. The molecule has 1 rings (SSSR count). The summed E-state index contributed by atoms with van der Waals surface area (Å²) < 4.78 is 22.2. The zero-order chi connectivity index (χ0) is 69.2. The molecule has 0 saturated heterocycles. The van der Waals surface area contributed by atoms with Gasteiger partial charge in [0.2, 0.25) is 35.4 Å². The van der Waals surface area contributed by atoms with E-state index >= 15 is 0 Å². The van der Waals surface area contributed by atoms with Crippen LogP contribution in [0, 0.1) is 23.7 Å². The number of aliphatic imine (C=N–C) groups is 1. The molecule has 0 fully saturated rings. The first-order valence-corrected chi connectivity index (χ1v) is 35.2. The fraction of sp³-hybridized carbons (Fsp3) is 0.797. The van der Waals surface area contributed by atoms with Gasteiger partial charge in [0.1, 0.15) is 42.8 Å². The zero-order valence-electron chi connectivity index (χ0n) is 57.6. The highest BCUT2D eigenvalue weighted by molar-refractivity contribution is 7.13. The number of carbonyl (C=O) groups excluding carboxylic acids is 10. The molecule has 0 bridgehead atoms. The Labute approximate surface area is 573 Å². The second-order valence-electron chi connectivity index (χ2n) is 25.2. The molecular formula is C69H127N11O14S. The van der Waals surface area contributed by atoms with Crippen LogP contribution in [-0.4, -0.2) is 166 Å². The molecule has 1 unspecified atom stereocenters. The molecule has 6 amide bonds. The van der Waals surface area contributed by atoms with Crippen LogP contribution in [0.15, 0.2) is 10.4 Å². The topological polar surface area (TPSA) is 383 Å². The first-order chi connectivity index (χ1) is 44.5. The van der Waals surface area contributed by atoms with Gasteiger partial charge in [-0.3, -0.25) is 52.9 Å². The van der Waals surface area contributed by atoms with E-state index in [1.165, 1.54) is 82.9 Å². The fourth-order valence-electron chi connectivity index (χ4n) is 10.1. The zero-order valence-corrected chi connectivity index (χ0v) is 58.4. The lowest BCUT2D eigenvalue weighted by Crippen LogP contribution is -2.58. The predicted octanol–water partition coefficient (Wildman–Crippen LogP) is 8.17. The Balaban J connectivity index is 0. The quantitative estimate of drug-likeness (QED) is 0.0128. The summed E-state index contributed by atoms with van der Waals surface area (Å²) in [6, 6.07) is -4.69. The molecular weight excluding hydrogens is 1240 g/mol. The van der Waals surface area contributed by atoms with E-state index in [-0.39, 0.29) is 113 Å². The summed E-state index contributed by atoms with van der Waals surface area (Å²) >= 11 is 1.11. The Kier molecular flexibility index (Phi) is 54.8. The van der Waals surface area contributed by atoms with E-state index in [2.05, 4.69) is 48.8 Å². The Morgan fingerprint density at radius 3 is 1.58 bits per heavy atom. The number of guanidine groups is 1. The lowest BCUT2D eigenvalue weighted by atomic mass is 9.90. The third kappa shape index (κ3) is 47.6. The lowest BCUT2D eigenvalue weighted by molar-refractivity contribution is -0.134. The maximum atomic E-state index is 13.8. The third-order valence-electron chi connectivity index (χ3n) is 15.6. The number of unbranched alkanes of at least 4 members (excludes halogenated alkanes) is 14. The molecule has 0 aliphatic carbocycles. The Morgan fingerprint density at radius 2 is 1.06 bits per heavy atom. The van der Waals surface area contributed by atoms with Crippen molar-refractivity contribution in [1.29, 1.82) is 0 Å². The summed E-state index contributed by atoms with van der Waals surface area (Å²) in [6.07, 6.45) is 22.7. The molecule has 0 aliphatic rings. The van der Waals surface area contributed by atoms with E-state index in [0.29, 0.717) is 83.9 Å². The van der Waals surface area contributed by atoms with Gasteiger partial charge in [-0.1, -0.05) is 147 Å². The number of rotatable bonds is 60. The Bertz CT molecular complexity index is 2350. The van der Waals surface area contributed by atoms with Gasteiger partial charge in [0, 0.05) is 56.7 Å². The molecule has 12 N–H and O–H groups in total. The van der Waals surface area contributed by atoms with Gasteiger partial charge >= 0.3 is 0 Å². The smallest absolute Gasteiger partial charge is 0.246 e. The predicted molar refractivity (Wildman–Crippen MR) is 376 cm³/mol. The van der Waals surface area contributed by atoms with Gasteiger partial charge in [-0.15, -0.1) is 11.3 Å². The number of aromatic nitrogens is 1. The third-order valence-corrected chi connectivity index (χ3v) is 16.3. The van der Waals surface area contributed by atoms with E-state index in [4.69, 9.17) is 36.1 Å². The van der Waals surface area contributed by atoms with Crippen LogP contribution in [-0.2, 0) is 62.1 Å². The summed E-state index contributed by atoms with van der Waals surface area (Å²) in [5.74, 6) is -6.21. The molecule has 25 nitrogen and oxygen atoms in total. The number of Topliss-reactive ketones (excluding diaryl/α,β-unsaturated/α-hetero) is 4. The number of hydrogen-bond donors (Lipinski definition) is 9. The van der Waals surface area contributed by atoms with Crippen LogP contribution in [0.5, 0.6) is 0 Å². The van der Waals surface area contributed by atoms with Crippen LogP contribution in [0.2, 0.25) is 0 Å². The minimum absolute atomic E-state index is 0. The van der Waals surface area contributed by atoms with Crippen molar-refractivity contribution < 1.29 is 66.9 Å². The summed E-state index contributed by atoms with van der Waals surface area (Å²) in [5.41, 5.74) is 17.0. The molecule has 1 aromatic heterocycles. The molecule has 26 heteroatoms. The molecule has 548 valence electrons. The van der Waals surface area contributed by atoms with E-state index in [1.807, 2.05) is 34.6 Å². The van der Waals surface area contributed by atoms with Crippen molar-refractivity contribution in [3.05, 3.63) is 11.1 Å². The highest BCUT2D eigenvalue weighted by atomic mass is 32.1. The molecule has 0 aromatic carbocycles. The first kappa shape index (κ1) is 91.1. The van der Waals surface area contributed by atoms with E-state index in [9.17, 15) is 47.9 Å². The number of hydrogen-bond acceptors (Lipinski definition) is 18. The molecule has 1 aromatic rings. The fourth-order valence-corrected chi connectivity index (χ4v) is 10.6. The highest BCUT2D eigenvalue weighted by Crippen LogP contribution is 2.22. The Morgan fingerprint density at radius 1 is 0.547 bits per heavy atom. The van der Waals surface area contributed by atoms with Crippen LogP contribution in [0.1, 0.15) is 248 Å². The average Bonchev–Trinajstić information content (AvgIpc) is 1.75. The van der Waals surface area contributed by atoms with Crippen molar-refractivity contribution in [1.82, 2.24) is 36.9 Å². The highest BCUT2D eigenvalue weighted by Gasteiger charge is 2.33. The number of nitrogens with zero attached hydrogens (tertiary/aromatic N) is 2. The van der Waals surface area contributed by atoms with E-state index in [1.54, 1.807) is 6.92 Å². The van der Waals surface area contributed by atoms with Crippen molar-refractivity contribution in [3.8, 4) is 0 Å². The van der Waals surface area contributed by atoms with Crippen LogP contribution < -0.4 is 49.1 Å². The van der Waals surface area contributed by atoms with Crippen molar-refractivity contribution in [3.63, 3.8) is 0 Å². The van der Waals surface area contributed by atoms with E-state index in [0.717, 1.165) is 37.0 Å². The van der Waals surface area contributed by atoms with Gasteiger partial charge < -0.3 is 68.0 Å². The van der Waals surface area contributed by atoms with Crippen LogP contribution in [0.25, 0.3) is 0 Å². The molecule has 1 heterocycles. The number of nitrogen functional groups attached to an aromatic ring is 1. The maximum Gasteiger partial charge on any atom is 0.246 e. The minimum atomic E-state index is -1.43. The van der Waals surface area contributed by atoms with Crippen LogP contribution in [0.3, 0.4) is 0 Å². The monoisotopic (exact) mass is 1370 g/mol. The number of carbonyl (C=O) groups is 10. The van der Waals surface area contributed by atoms with Crippen LogP contribution >= 0.6 is 11.3 Å². The van der Waals surface area contributed by atoms with Gasteiger partial charge in [0.05, 0.1) is 45.6 Å². The Hall–Kier alpha value is -5.96. The van der Waals surface area contributed by atoms with Gasteiger partial charge in [0.25, 0.3) is 0 Å². The van der Waals surface area contributed by atoms with Gasteiger partial charge in [-0.05, 0) is 82.5 Å². The summed E-state index contributed by atoms with van der Waals surface area (Å²) in [4.78, 5) is 139. The SMILES string of the molecule is C.C.CCCCCCCCCCCCCCCC(=O)CCCCOCCOCCOCCCCC(=O)COCC(=O)NCCC[C@H](NC(=O)[C@H](CC(C)C)NC(=O)[C@H](CN=C(N)N)NC(=O)CNC(=O)[C@@H](NC(=O)[C@@H](CC(=O)c1csc(N)n1)CC(C)C)C(C)CC)C(C)=O. The number of amides is 6. The average molecular weight is 1370 g/mol. The van der Waals surface area contributed by atoms with Crippen molar-refractivity contribution in [2.45, 2.75) is 261 Å². The van der Waals surface area contributed by atoms with Gasteiger partial charge in [-0.2, -0.15) is 0 Å². The van der Waals surface area contributed by atoms with Gasteiger partial charge in [-0.25, -0.2) is 4.98 Å². The van der Waals surface area contributed by atoms with Crippen molar-refractivity contribution in [2.24, 2.45) is 40.1 Å². The molecule has 6 atom stereocenters. The number of nitrogens with one attached hydrogen (secondary N) is 6. The lowest BCUT2D eigenvalue weighted by Gasteiger charge is -2.27. The molecule has 0 radical (unpaired) electrons. The number of thiazole rings is 1. The first-order valence-electron chi connectivity index (χ1n) is 34.4. The number of anilines is 1. The summed E-state index contributed by atoms with van der Waals surface area (Å²) in [7, 11) is 0. The van der Waals surface area contributed by atoms with Crippen molar-refractivity contribution >= 4 is 81.0 Å². The number of ether oxygens (including phenoxy) is 4. The normalized spacial score (nSPS) is 13.0. The summed E-state index contributed by atoms with van der Waals surface area (Å²) in [5, 5.41) is 17.6. The van der Waals surface area contributed by atoms with Gasteiger partial charge in [0.15, 0.2) is 28.4 Å². The minimum Gasteiger partial charge on any atom is -0.379 e. The largest absolute Gasteiger partial charge is 0.379 e. The summed E-state index contributed by atoms with van der Waals surface area (Å²) in [6.45, 7) is 15.9. The number of ketones is 4. The van der Waals surface area contributed by atoms with Crippen molar-refractivity contribution in [2.75, 3.05) is 78.2 Å². The van der Waals surface area contributed by atoms with E-state index < -0.39 is 84.5 Å². The number of nitrogens with two attached hydrogens (primary N) is 3. The standard InChI is InChI=1S/C67H119N11O14S.2CH4/c1-9-11-12-13-14-15-16-17-18-19-20-21-22-28-52(80)29-23-25-33-89-35-37-91-38-36-90-34-26-24-30-53(81)44-92-45-60(84)71-32-27-31-54(50(8)79)75-63(86)55(40-48(5)6)76-64(87)56(42-73-66(68)69)74-59(83)43-72-65(88)61(49(7)10-2)78-62(85)51(39-47(3)4)41-58(82)57-46-93-67(70)77-57;;/h46-49,51,54-56,61H,9-45H2,1-8H3,(H2,70,77)(H,71,84)(H,72,88)(H,74,83)(H,75,86)(H,76,87)(H,78,85)(H4,68,69,73);2*1H4/t49?,51-,54+,55+,56+,61+;;/m1../s1. The molecule has 0 aliphatic heterocycles. The second kappa shape index (κ2) is 57.1. The van der Waals surface area contributed by atoms with Crippen LogP contribution in [0.4, 0.5) is 5.13 Å². The second-order valence-corrected chi connectivity index (χ2v) is 26.1. The molecule has 0 spiro atoms. The maximum absolute atomic E-state index is 13.8. The molecule has 95 heavy (non-hydrogen) atoms.